The number of phenols is 1. The second kappa shape index (κ2) is 5.12. The zero-order valence-electron chi connectivity index (χ0n) is 14.0. The van der Waals surface area contributed by atoms with Crippen molar-refractivity contribution >= 4 is 27.3 Å². The maximum Gasteiger partial charge on any atom is 0.294 e. The number of nitrogens with zero attached hydrogens (tertiary/aromatic N) is 1. The third-order valence-corrected chi connectivity index (χ3v) is 5.75. The van der Waals surface area contributed by atoms with E-state index >= 15 is 0 Å². The lowest BCUT2D eigenvalue weighted by atomic mass is 9.69. The molecule has 0 spiro atoms. The molecule has 26 heavy (non-hydrogen) atoms. The number of ketones is 1. The number of hydrogen-bond donors (Lipinski definition) is 2. The number of fused-ring (bicyclic) bond motifs is 4. The van der Waals surface area contributed by atoms with Crippen molar-refractivity contribution in [1.82, 2.24) is 0 Å². The van der Waals surface area contributed by atoms with E-state index in [0.29, 0.717) is 22.5 Å². The molecule has 7 heteroatoms. The lowest BCUT2D eigenvalue weighted by molar-refractivity contribution is 0.104. The minimum absolute atomic E-state index is 0.122. The van der Waals surface area contributed by atoms with Crippen molar-refractivity contribution in [3.05, 3.63) is 64.7 Å². The fourth-order valence-corrected chi connectivity index (χ4v) is 4.01. The summed E-state index contributed by atoms with van der Waals surface area (Å²) in [6.07, 6.45) is 1.45. The molecular formula is C19H15NO5S. The molecule has 0 radical (unpaired) electrons. The van der Waals surface area contributed by atoms with E-state index in [1.807, 2.05) is 13.8 Å². The summed E-state index contributed by atoms with van der Waals surface area (Å²) >= 11 is 0. The van der Waals surface area contributed by atoms with Gasteiger partial charge in [-0.15, -0.1) is 0 Å². The van der Waals surface area contributed by atoms with Crippen LogP contribution in [-0.2, 0) is 15.5 Å². The van der Waals surface area contributed by atoms with E-state index in [0.717, 1.165) is 5.56 Å². The predicted octanol–water partition coefficient (Wildman–Crippen LogP) is 3.17. The summed E-state index contributed by atoms with van der Waals surface area (Å²) in [7, 11) is -4.41. The fraction of sp³-hybridized carbons (Fsp3) is 0.158. The van der Waals surface area contributed by atoms with Gasteiger partial charge in [-0.25, -0.2) is 4.99 Å². The van der Waals surface area contributed by atoms with Crippen molar-refractivity contribution < 1.29 is 22.9 Å². The number of aromatic hydroxyl groups is 1. The van der Waals surface area contributed by atoms with E-state index in [-0.39, 0.29) is 22.0 Å². The predicted molar refractivity (Wildman–Crippen MR) is 96.0 cm³/mol. The Bertz CT molecular complexity index is 1160. The van der Waals surface area contributed by atoms with Crippen molar-refractivity contribution in [2.24, 2.45) is 4.99 Å². The molecule has 2 aliphatic rings. The summed E-state index contributed by atoms with van der Waals surface area (Å²) in [5, 5.41) is 9.82. The van der Waals surface area contributed by atoms with Crippen LogP contribution in [0.15, 0.2) is 57.9 Å². The summed E-state index contributed by atoms with van der Waals surface area (Å²) in [4.78, 5) is 16.9. The number of rotatable bonds is 1. The molecule has 2 aromatic rings. The number of hydrogen-bond acceptors (Lipinski definition) is 5. The monoisotopic (exact) mass is 369 g/mol. The molecule has 0 amide bonds. The van der Waals surface area contributed by atoms with E-state index in [9.17, 15) is 22.9 Å². The highest BCUT2D eigenvalue weighted by atomic mass is 32.2. The van der Waals surface area contributed by atoms with Crippen molar-refractivity contribution in [3.63, 3.8) is 0 Å². The average molecular weight is 369 g/mol. The van der Waals surface area contributed by atoms with Crippen LogP contribution in [0.25, 0.3) is 0 Å². The molecule has 0 aromatic heterocycles. The Morgan fingerprint density at radius 1 is 1.04 bits per heavy atom. The number of carbonyl (C=O) groups is 1. The van der Waals surface area contributed by atoms with Crippen LogP contribution in [0.1, 0.15) is 35.3 Å². The van der Waals surface area contributed by atoms with Gasteiger partial charge >= 0.3 is 0 Å². The molecule has 2 aromatic carbocycles. The molecule has 0 saturated heterocycles. The van der Waals surface area contributed by atoms with E-state index < -0.39 is 15.5 Å². The SMILES string of the molecule is CC1(C)C2=CC(=O)c3cc(S(=O)(=O)O)ccc3C2=Nc2ccc(O)cc21. The standard InChI is InChI=1S/C19H15NO5S/c1-19(2)14-7-10(21)3-6-16(14)20-18-12-5-4-11(26(23,24)25)8-13(12)17(22)9-15(18)19/h3-9,21H,1-2H3,(H,23,24,25). The molecule has 0 atom stereocenters. The molecule has 2 N–H and O–H groups in total. The zero-order valence-corrected chi connectivity index (χ0v) is 14.8. The number of benzene rings is 2. The summed E-state index contributed by atoms with van der Waals surface area (Å²) < 4.78 is 32.0. The van der Waals surface area contributed by atoms with Gasteiger partial charge in [-0.3, -0.25) is 9.35 Å². The van der Waals surface area contributed by atoms with Gasteiger partial charge in [0.05, 0.1) is 16.3 Å². The van der Waals surface area contributed by atoms with E-state index in [1.54, 1.807) is 18.2 Å². The molecule has 1 aliphatic carbocycles. The topological polar surface area (TPSA) is 104 Å². The summed E-state index contributed by atoms with van der Waals surface area (Å²) in [6.45, 7) is 3.88. The zero-order chi connectivity index (χ0) is 18.9. The molecule has 4 rings (SSSR count). The minimum atomic E-state index is -4.41. The van der Waals surface area contributed by atoms with Crippen LogP contribution in [0.2, 0.25) is 0 Å². The van der Waals surface area contributed by atoms with Gasteiger partial charge < -0.3 is 5.11 Å². The maximum absolute atomic E-state index is 12.6. The summed E-state index contributed by atoms with van der Waals surface area (Å²) in [5.74, 6) is -0.229. The molecule has 0 unspecified atom stereocenters. The number of carbonyl (C=O) groups excluding carboxylic acids is 1. The van der Waals surface area contributed by atoms with Crippen molar-refractivity contribution in [2.75, 3.05) is 0 Å². The van der Waals surface area contributed by atoms with Crippen LogP contribution in [0, 0.1) is 0 Å². The molecule has 132 valence electrons. The molecular weight excluding hydrogens is 354 g/mol. The number of aliphatic imine (C=N–C) groups is 1. The lowest BCUT2D eigenvalue weighted by Gasteiger charge is -2.36. The van der Waals surface area contributed by atoms with Gasteiger partial charge in [0.25, 0.3) is 10.1 Å². The lowest BCUT2D eigenvalue weighted by Crippen LogP contribution is -2.33. The first-order valence-corrected chi connectivity index (χ1v) is 9.34. The van der Waals surface area contributed by atoms with Crippen molar-refractivity contribution in [1.29, 1.82) is 0 Å². The Hall–Kier alpha value is -2.77. The third-order valence-electron chi connectivity index (χ3n) is 4.90. The van der Waals surface area contributed by atoms with E-state index in [1.165, 1.54) is 24.3 Å². The van der Waals surface area contributed by atoms with Crippen LogP contribution in [-0.4, -0.2) is 29.6 Å². The van der Waals surface area contributed by atoms with Crippen LogP contribution >= 0.6 is 0 Å². The van der Waals surface area contributed by atoms with Crippen LogP contribution < -0.4 is 0 Å². The highest BCUT2D eigenvalue weighted by Gasteiger charge is 2.39. The summed E-state index contributed by atoms with van der Waals surface area (Å²) in [6, 6.07) is 8.80. The highest BCUT2D eigenvalue weighted by molar-refractivity contribution is 7.85. The minimum Gasteiger partial charge on any atom is -0.508 e. The molecule has 0 fully saturated rings. The fourth-order valence-electron chi connectivity index (χ4n) is 3.50. The summed E-state index contributed by atoms with van der Waals surface area (Å²) in [5.41, 5.74) is 2.90. The largest absolute Gasteiger partial charge is 0.508 e. The van der Waals surface area contributed by atoms with Gasteiger partial charge in [-0.05, 0) is 47.5 Å². The van der Waals surface area contributed by atoms with Crippen molar-refractivity contribution in [3.8, 4) is 5.75 Å². The van der Waals surface area contributed by atoms with Crippen LogP contribution in [0.3, 0.4) is 0 Å². The number of allylic oxidation sites excluding steroid dienone is 2. The maximum atomic E-state index is 12.6. The van der Waals surface area contributed by atoms with Gasteiger partial charge in [0.1, 0.15) is 5.75 Å². The Labute approximate surface area is 150 Å². The molecule has 1 heterocycles. The van der Waals surface area contributed by atoms with Gasteiger partial charge in [-0.2, -0.15) is 8.42 Å². The van der Waals surface area contributed by atoms with E-state index in [2.05, 4.69) is 4.99 Å². The molecule has 0 saturated carbocycles. The highest BCUT2D eigenvalue weighted by Crippen LogP contribution is 2.46. The number of phenolic OH excluding ortho intramolecular Hbond substituents is 1. The molecule has 0 bridgehead atoms. The van der Waals surface area contributed by atoms with E-state index in [4.69, 9.17) is 0 Å². The Balaban J connectivity index is 2.01. The Morgan fingerprint density at radius 2 is 1.77 bits per heavy atom. The van der Waals surface area contributed by atoms with Crippen LogP contribution in [0.4, 0.5) is 5.69 Å². The van der Waals surface area contributed by atoms with Gasteiger partial charge in [-0.1, -0.05) is 19.9 Å². The normalized spacial score (nSPS) is 17.6. The van der Waals surface area contributed by atoms with Gasteiger partial charge in [0.2, 0.25) is 0 Å². The first kappa shape index (κ1) is 16.7. The Morgan fingerprint density at radius 3 is 2.46 bits per heavy atom. The van der Waals surface area contributed by atoms with Crippen molar-refractivity contribution in [2.45, 2.75) is 24.2 Å². The first-order valence-electron chi connectivity index (χ1n) is 7.90. The second-order valence-electron chi connectivity index (χ2n) is 6.89. The van der Waals surface area contributed by atoms with Gasteiger partial charge in [0, 0.05) is 16.5 Å². The van der Waals surface area contributed by atoms with Crippen LogP contribution in [0.5, 0.6) is 5.75 Å². The molecule has 1 aliphatic heterocycles. The smallest absolute Gasteiger partial charge is 0.294 e. The quantitative estimate of drug-likeness (QED) is 0.752. The third kappa shape index (κ3) is 2.32. The molecule has 6 nitrogen and oxygen atoms in total. The van der Waals surface area contributed by atoms with Gasteiger partial charge in [0.15, 0.2) is 5.78 Å². The average Bonchev–Trinajstić information content (AvgIpc) is 2.56. The Kier molecular flexibility index (Phi) is 3.29. The first-order chi connectivity index (χ1) is 12.1. The second-order valence-corrected chi connectivity index (χ2v) is 8.31.